The first-order valence-electron chi connectivity index (χ1n) is 11.6. The van der Waals surface area contributed by atoms with E-state index in [0.717, 1.165) is 38.6 Å². The SMILES string of the molecule is O=C(c1ccccc1)c1oc2ccc3ccccc3c2c1-c1ccc(OCc2ccccc2)cc1. The van der Waals surface area contributed by atoms with Gasteiger partial charge in [0, 0.05) is 16.5 Å². The summed E-state index contributed by atoms with van der Waals surface area (Å²) in [5, 5.41) is 3.10. The lowest BCUT2D eigenvalue weighted by Crippen LogP contribution is -2.01. The number of rotatable bonds is 6. The van der Waals surface area contributed by atoms with E-state index in [2.05, 4.69) is 12.1 Å². The van der Waals surface area contributed by atoms with Gasteiger partial charge in [-0.2, -0.15) is 0 Å². The first kappa shape index (κ1) is 20.9. The number of fused-ring (bicyclic) bond motifs is 3. The lowest BCUT2D eigenvalue weighted by molar-refractivity contribution is 0.101. The summed E-state index contributed by atoms with van der Waals surface area (Å²) in [4.78, 5) is 13.6. The number of hydrogen-bond donors (Lipinski definition) is 0. The largest absolute Gasteiger partial charge is 0.489 e. The molecule has 0 radical (unpaired) electrons. The molecule has 3 heteroatoms. The summed E-state index contributed by atoms with van der Waals surface area (Å²) in [7, 11) is 0. The molecule has 168 valence electrons. The minimum absolute atomic E-state index is 0.134. The van der Waals surface area contributed by atoms with Crippen molar-refractivity contribution in [2.45, 2.75) is 6.61 Å². The van der Waals surface area contributed by atoms with Crippen LogP contribution in [0, 0.1) is 0 Å². The molecular formula is C32H22O3. The number of ether oxygens (including phenoxy) is 1. The Bertz CT molecular complexity index is 1630. The second kappa shape index (κ2) is 8.96. The molecule has 0 N–H and O–H groups in total. The van der Waals surface area contributed by atoms with E-state index in [1.165, 1.54) is 0 Å². The van der Waals surface area contributed by atoms with Crippen molar-refractivity contribution in [2.24, 2.45) is 0 Å². The maximum absolute atomic E-state index is 13.6. The molecule has 35 heavy (non-hydrogen) atoms. The zero-order valence-electron chi connectivity index (χ0n) is 19.0. The Labute approximate surface area is 203 Å². The number of carbonyl (C=O) groups excluding carboxylic acids is 1. The molecule has 0 aliphatic heterocycles. The lowest BCUT2D eigenvalue weighted by atomic mass is 9.95. The van der Waals surface area contributed by atoms with Crippen LogP contribution >= 0.6 is 0 Å². The number of ketones is 1. The third-order valence-corrected chi connectivity index (χ3v) is 6.21. The van der Waals surface area contributed by atoms with E-state index in [9.17, 15) is 4.79 Å². The van der Waals surface area contributed by atoms with Gasteiger partial charge in [-0.25, -0.2) is 0 Å². The van der Waals surface area contributed by atoms with Gasteiger partial charge < -0.3 is 9.15 Å². The fourth-order valence-corrected chi connectivity index (χ4v) is 4.48. The van der Waals surface area contributed by atoms with Gasteiger partial charge in [-0.1, -0.05) is 103 Å². The molecule has 0 aliphatic rings. The first-order chi connectivity index (χ1) is 17.3. The van der Waals surface area contributed by atoms with Crippen LogP contribution in [0.3, 0.4) is 0 Å². The van der Waals surface area contributed by atoms with Crippen LogP contribution in [-0.4, -0.2) is 5.78 Å². The van der Waals surface area contributed by atoms with Crippen LogP contribution in [0.25, 0.3) is 32.9 Å². The van der Waals surface area contributed by atoms with Crippen molar-refractivity contribution in [3.05, 3.63) is 138 Å². The molecule has 1 aromatic heterocycles. The van der Waals surface area contributed by atoms with Gasteiger partial charge in [-0.15, -0.1) is 0 Å². The maximum Gasteiger partial charge on any atom is 0.228 e. The van der Waals surface area contributed by atoms with Crippen molar-refractivity contribution in [3.8, 4) is 16.9 Å². The third-order valence-electron chi connectivity index (χ3n) is 6.21. The molecular weight excluding hydrogens is 432 g/mol. The number of hydrogen-bond acceptors (Lipinski definition) is 3. The van der Waals surface area contributed by atoms with E-state index < -0.39 is 0 Å². The van der Waals surface area contributed by atoms with Gasteiger partial charge in [0.1, 0.15) is 17.9 Å². The molecule has 6 rings (SSSR count). The van der Waals surface area contributed by atoms with E-state index in [-0.39, 0.29) is 5.78 Å². The highest BCUT2D eigenvalue weighted by atomic mass is 16.5. The van der Waals surface area contributed by atoms with Crippen molar-refractivity contribution in [1.82, 2.24) is 0 Å². The van der Waals surface area contributed by atoms with Gasteiger partial charge in [-0.3, -0.25) is 4.79 Å². The van der Waals surface area contributed by atoms with Crippen molar-refractivity contribution in [3.63, 3.8) is 0 Å². The van der Waals surface area contributed by atoms with Crippen LogP contribution in [0.5, 0.6) is 5.75 Å². The highest BCUT2D eigenvalue weighted by Crippen LogP contribution is 2.40. The molecule has 0 saturated carbocycles. The van der Waals surface area contributed by atoms with E-state index >= 15 is 0 Å². The Morgan fingerprint density at radius 2 is 1.37 bits per heavy atom. The van der Waals surface area contributed by atoms with Crippen LogP contribution in [0.4, 0.5) is 0 Å². The molecule has 0 fully saturated rings. The summed E-state index contributed by atoms with van der Waals surface area (Å²) in [6.07, 6.45) is 0. The van der Waals surface area contributed by atoms with E-state index in [4.69, 9.17) is 9.15 Å². The lowest BCUT2D eigenvalue weighted by Gasteiger charge is -2.09. The standard InChI is InChI=1S/C32H22O3/c33-31(25-12-5-2-6-13-25)32-29(30-27-14-8-7-11-23(27)17-20-28(30)35-32)24-15-18-26(19-16-24)34-21-22-9-3-1-4-10-22/h1-20H,21H2. The molecule has 0 atom stereocenters. The normalized spacial score (nSPS) is 11.1. The topological polar surface area (TPSA) is 39.4 Å². The Balaban J connectivity index is 1.46. The van der Waals surface area contributed by atoms with Crippen LogP contribution in [-0.2, 0) is 6.61 Å². The van der Waals surface area contributed by atoms with Gasteiger partial charge in [0.25, 0.3) is 0 Å². The summed E-state index contributed by atoms with van der Waals surface area (Å²) in [6, 6.07) is 39.4. The molecule has 6 aromatic rings. The number of benzene rings is 5. The Morgan fingerprint density at radius 1 is 0.686 bits per heavy atom. The number of furan rings is 1. The van der Waals surface area contributed by atoms with Crippen molar-refractivity contribution in [2.75, 3.05) is 0 Å². The summed E-state index contributed by atoms with van der Waals surface area (Å²) < 4.78 is 12.2. The second-order valence-electron chi connectivity index (χ2n) is 8.46. The van der Waals surface area contributed by atoms with Gasteiger partial charge in [0.05, 0.1) is 0 Å². The molecule has 0 spiro atoms. The monoisotopic (exact) mass is 454 g/mol. The number of carbonyl (C=O) groups is 1. The predicted molar refractivity (Wildman–Crippen MR) is 140 cm³/mol. The van der Waals surface area contributed by atoms with Crippen molar-refractivity contribution >= 4 is 27.5 Å². The first-order valence-corrected chi connectivity index (χ1v) is 11.6. The van der Waals surface area contributed by atoms with Crippen LogP contribution in [0.2, 0.25) is 0 Å². The summed E-state index contributed by atoms with van der Waals surface area (Å²) in [5.41, 5.74) is 4.12. The minimum atomic E-state index is -0.134. The molecule has 0 unspecified atom stereocenters. The molecule has 0 saturated heterocycles. The zero-order valence-corrected chi connectivity index (χ0v) is 19.0. The smallest absolute Gasteiger partial charge is 0.228 e. The van der Waals surface area contributed by atoms with Gasteiger partial charge in [0.2, 0.25) is 5.78 Å². The van der Waals surface area contributed by atoms with Gasteiger partial charge in [-0.05, 0) is 40.1 Å². The molecule has 5 aromatic carbocycles. The van der Waals surface area contributed by atoms with Crippen LogP contribution in [0.15, 0.2) is 126 Å². The molecule has 3 nitrogen and oxygen atoms in total. The second-order valence-corrected chi connectivity index (χ2v) is 8.46. The van der Waals surface area contributed by atoms with Crippen molar-refractivity contribution < 1.29 is 13.9 Å². The Hall–Kier alpha value is -4.63. The molecule has 0 bridgehead atoms. The van der Waals surface area contributed by atoms with Crippen LogP contribution in [0.1, 0.15) is 21.7 Å². The highest BCUT2D eigenvalue weighted by molar-refractivity contribution is 6.21. The zero-order chi connectivity index (χ0) is 23.6. The van der Waals surface area contributed by atoms with Crippen molar-refractivity contribution in [1.29, 1.82) is 0 Å². The van der Waals surface area contributed by atoms with Gasteiger partial charge in [0.15, 0.2) is 5.76 Å². The predicted octanol–water partition coefficient (Wildman–Crippen LogP) is 8.06. The summed E-state index contributed by atoms with van der Waals surface area (Å²) in [5.74, 6) is 0.983. The fraction of sp³-hybridized carbons (Fsp3) is 0.0312. The molecule has 1 heterocycles. The summed E-state index contributed by atoms with van der Waals surface area (Å²) >= 11 is 0. The summed E-state index contributed by atoms with van der Waals surface area (Å²) in [6.45, 7) is 0.497. The van der Waals surface area contributed by atoms with Crippen LogP contribution < -0.4 is 4.74 Å². The highest BCUT2D eigenvalue weighted by Gasteiger charge is 2.24. The van der Waals surface area contributed by atoms with E-state index in [0.29, 0.717) is 23.5 Å². The quantitative estimate of drug-likeness (QED) is 0.239. The third kappa shape index (κ3) is 3.98. The minimum Gasteiger partial charge on any atom is -0.489 e. The fourth-order valence-electron chi connectivity index (χ4n) is 4.48. The van der Waals surface area contributed by atoms with E-state index in [1.54, 1.807) is 0 Å². The van der Waals surface area contributed by atoms with Gasteiger partial charge >= 0.3 is 0 Å². The molecule has 0 amide bonds. The average molecular weight is 455 g/mol. The maximum atomic E-state index is 13.6. The van der Waals surface area contributed by atoms with E-state index in [1.807, 2.05) is 109 Å². The Kier molecular flexibility index (Phi) is 5.36. The average Bonchev–Trinajstić information content (AvgIpc) is 3.33. The molecule has 0 aliphatic carbocycles. The Morgan fingerprint density at radius 3 is 2.14 bits per heavy atom.